The molecule has 0 spiro atoms. The van der Waals surface area contributed by atoms with E-state index in [0.29, 0.717) is 26.2 Å². The number of piperazine rings is 1. The Balaban J connectivity index is 2.08. The number of aromatic hydroxyl groups is 1. The van der Waals surface area contributed by atoms with Gasteiger partial charge in [0.15, 0.2) is 5.82 Å². The molecule has 1 fully saturated rings. The van der Waals surface area contributed by atoms with E-state index < -0.39 is 34.7 Å². The van der Waals surface area contributed by atoms with E-state index in [1.54, 1.807) is 4.90 Å². The van der Waals surface area contributed by atoms with E-state index >= 15 is 0 Å². The summed E-state index contributed by atoms with van der Waals surface area (Å²) in [4.78, 5) is 22.7. The summed E-state index contributed by atoms with van der Waals surface area (Å²) < 4.78 is 56.0. The zero-order chi connectivity index (χ0) is 20.8. The van der Waals surface area contributed by atoms with Crippen molar-refractivity contribution in [1.29, 1.82) is 0 Å². The molecule has 1 aromatic carbocycles. The summed E-state index contributed by atoms with van der Waals surface area (Å²) in [5.41, 5.74) is -3.81. The predicted octanol–water partition coefficient (Wildman–Crippen LogP) is 2.05. The minimum Gasteiger partial charge on any atom is -0.506 e. The van der Waals surface area contributed by atoms with Crippen LogP contribution in [-0.4, -0.2) is 45.8 Å². The third-order valence-corrected chi connectivity index (χ3v) is 4.69. The molecule has 7 nitrogen and oxygen atoms in total. The van der Waals surface area contributed by atoms with Crippen molar-refractivity contribution < 1.29 is 22.7 Å². The first-order valence-corrected chi connectivity index (χ1v) is 8.70. The smallest absolute Gasteiger partial charge is 0.431 e. The van der Waals surface area contributed by atoms with Crippen LogP contribution in [0, 0.1) is 5.82 Å². The van der Waals surface area contributed by atoms with E-state index in [1.165, 1.54) is 0 Å². The van der Waals surface area contributed by atoms with Crippen molar-refractivity contribution in [3.8, 4) is 11.4 Å². The van der Waals surface area contributed by atoms with Gasteiger partial charge in [0, 0.05) is 26.2 Å². The average molecular weight is 409 g/mol. The minimum absolute atomic E-state index is 0.0844. The largest absolute Gasteiger partial charge is 0.506 e. The molecule has 4 rings (SSSR count). The Morgan fingerprint density at radius 1 is 1.14 bits per heavy atom. The minimum atomic E-state index is -5.00. The highest BCUT2D eigenvalue weighted by Crippen LogP contribution is 2.36. The Labute approximate surface area is 161 Å². The summed E-state index contributed by atoms with van der Waals surface area (Å²) in [5.74, 6) is -1.77. The number of hydrogen-bond donors (Lipinski definition) is 2. The second-order valence-electron chi connectivity index (χ2n) is 6.47. The third-order valence-electron chi connectivity index (χ3n) is 4.69. The number of rotatable bonds is 2. The molecule has 1 saturated heterocycles. The molecule has 0 atom stereocenters. The van der Waals surface area contributed by atoms with Crippen LogP contribution in [0.15, 0.2) is 35.4 Å². The number of phenols is 1. The molecule has 0 unspecified atom stereocenters. The van der Waals surface area contributed by atoms with Gasteiger partial charge in [0.1, 0.15) is 34.8 Å². The third kappa shape index (κ3) is 3.27. The molecule has 29 heavy (non-hydrogen) atoms. The molecule has 0 aliphatic carbocycles. The van der Waals surface area contributed by atoms with E-state index in [-0.39, 0.29) is 21.3 Å². The Kier molecular flexibility index (Phi) is 4.61. The molecule has 2 N–H and O–H groups in total. The second-order valence-corrected chi connectivity index (χ2v) is 6.47. The van der Waals surface area contributed by atoms with Crippen LogP contribution in [0.4, 0.5) is 23.4 Å². The van der Waals surface area contributed by atoms with E-state index in [1.807, 2.05) is 0 Å². The van der Waals surface area contributed by atoms with Crippen LogP contribution in [0.2, 0.25) is 0 Å². The Morgan fingerprint density at radius 2 is 1.86 bits per heavy atom. The molecule has 152 valence electrons. The Hall–Kier alpha value is -3.21. The maximum atomic E-state index is 14.3. The standard InChI is InChI=1S/C18H15F4N5O2/c19-11-2-1-3-12(28)15(11)27-13(18(20,21)22)8-10-14(17(27)29)24-9-25-16(10)26-6-4-23-5-7-26/h1-3,8-9,23,28H,4-7H2. The summed E-state index contributed by atoms with van der Waals surface area (Å²) in [6.07, 6.45) is -3.92. The summed E-state index contributed by atoms with van der Waals surface area (Å²) in [6.45, 7) is 2.20. The maximum absolute atomic E-state index is 14.3. The molecule has 0 amide bonds. The van der Waals surface area contributed by atoms with Gasteiger partial charge >= 0.3 is 6.18 Å². The monoisotopic (exact) mass is 409 g/mol. The van der Waals surface area contributed by atoms with Gasteiger partial charge in [-0.25, -0.2) is 14.4 Å². The zero-order valence-corrected chi connectivity index (χ0v) is 14.9. The number of halogens is 4. The Bertz CT molecular complexity index is 1120. The first-order valence-electron chi connectivity index (χ1n) is 8.70. The van der Waals surface area contributed by atoms with Gasteiger partial charge in [-0.1, -0.05) is 6.07 Å². The molecule has 1 aliphatic rings. The lowest BCUT2D eigenvalue weighted by Crippen LogP contribution is -2.44. The second kappa shape index (κ2) is 6.99. The van der Waals surface area contributed by atoms with Crippen molar-refractivity contribution in [2.75, 3.05) is 31.1 Å². The van der Waals surface area contributed by atoms with Gasteiger partial charge in [-0.3, -0.25) is 9.36 Å². The van der Waals surface area contributed by atoms with Crippen LogP contribution in [0.5, 0.6) is 5.75 Å². The van der Waals surface area contributed by atoms with Crippen molar-refractivity contribution in [3.63, 3.8) is 0 Å². The highest BCUT2D eigenvalue weighted by molar-refractivity contribution is 5.89. The van der Waals surface area contributed by atoms with Crippen LogP contribution in [0.1, 0.15) is 5.69 Å². The van der Waals surface area contributed by atoms with Gasteiger partial charge in [0.05, 0.1) is 5.39 Å². The number of nitrogens with one attached hydrogen (secondary N) is 1. The van der Waals surface area contributed by atoms with Crippen LogP contribution < -0.4 is 15.8 Å². The van der Waals surface area contributed by atoms with Gasteiger partial charge < -0.3 is 15.3 Å². The summed E-state index contributed by atoms with van der Waals surface area (Å²) in [5, 5.41) is 13.0. The lowest BCUT2D eigenvalue weighted by molar-refractivity contribution is -0.142. The number of benzene rings is 1. The van der Waals surface area contributed by atoms with E-state index in [0.717, 1.165) is 30.6 Å². The molecule has 0 saturated carbocycles. The number of nitrogens with zero attached hydrogens (tertiary/aromatic N) is 4. The van der Waals surface area contributed by atoms with Crippen LogP contribution in [-0.2, 0) is 6.18 Å². The number of aromatic nitrogens is 3. The fourth-order valence-corrected chi connectivity index (χ4v) is 3.39. The summed E-state index contributed by atoms with van der Waals surface area (Å²) in [7, 11) is 0. The Morgan fingerprint density at radius 3 is 2.52 bits per heavy atom. The molecular formula is C18H15F4N5O2. The number of fused-ring (bicyclic) bond motifs is 1. The van der Waals surface area contributed by atoms with E-state index in [4.69, 9.17) is 0 Å². The normalized spacial score (nSPS) is 15.1. The number of alkyl halides is 3. The van der Waals surface area contributed by atoms with Gasteiger partial charge in [-0.05, 0) is 18.2 Å². The fourth-order valence-electron chi connectivity index (χ4n) is 3.39. The highest BCUT2D eigenvalue weighted by Gasteiger charge is 2.37. The van der Waals surface area contributed by atoms with Crippen molar-refractivity contribution >= 4 is 16.7 Å². The zero-order valence-electron chi connectivity index (χ0n) is 14.9. The van der Waals surface area contributed by atoms with Crippen LogP contribution >= 0.6 is 0 Å². The number of hydrogen-bond acceptors (Lipinski definition) is 6. The van der Waals surface area contributed by atoms with Gasteiger partial charge in [0.25, 0.3) is 5.56 Å². The number of para-hydroxylation sites is 1. The predicted molar refractivity (Wildman–Crippen MR) is 96.8 cm³/mol. The molecular weight excluding hydrogens is 394 g/mol. The van der Waals surface area contributed by atoms with Gasteiger partial charge in [-0.15, -0.1) is 0 Å². The first kappa shape index (κ1) is 19.1. The SMILES string of the molecule is O=c1c2ncnc(N3CCNCC3)c2cc(C(F)(F)F)n1-c1c(O)cccc1F. The lowest BCUT2D eigenvalue weighted by Gasteiger charge is -2.29. The van der Waals surface area contributed by atoms with Crippen molar-refractivity contribution in [3.05, 3.63) is 52.5 Å². The highest BCUT2D eigenvalue weighted by atomic mass is 19.4. The molecule has 0 bridgehead atoms. The average Bonchev–Trinajstić information content (AvgIpc) is 2.68. The van der Waals surface area contributed by atoms with Crippen LogP contribution in [0.3, 0.4) is 0 Å². The number of anilines is 1. The summed E-state index contributed by atoms with van der Waals surface area (Å²) in [6, 6.07) is 3.71. The van der Waals surface area contributed by atoms with Gasteiger partial charge in [0.2, 0.25) is 0 Å². The van der Waals surface area contributed by atoms with Crippen molar-refractivity contribution in [2.24, 2.45) is 0 Å². The maximum Gasteiger partial charge on any atom is 0.431 e. The molecule has 3 aromatic rings. The van der Waals surface area contributed by atoms with E-state index in [2.05, 4.69) is 15.3 Å². The number of pyridine rings is 1. The summed E-state index contributed by atoms with van der Waals surface area (Å²) >= 11 is 0. The fraction of sp³-hybridized carbons (Fsp3) is 0.278. The molecule has 1 aliphatic heterocycles. The van der Waals surface area contributed by atoms with Crippen molar-refractivity contribution in [2.45, 2.75) is 6.18 Å². The molecule has 3 heterocycles. The quantitative estimate of drug-likeness (QED) is 0.631. The first-order chi connectivity index (χ1) is 13.8. The number of phenolic OH excluding ortho intramolecular Hbond substituents is 1. The van der Waals surface area contributed by atoms with E-state index in [9.17, 15) is 27.5 Å². The molecule has 2 aromatic heterocycles. The molecule has 0 radical (unpaired) electrons. The lowest BCUT2D eigenvalue weighted by atomic mass is 10.1. The topological polar surface area (TPSA) is 83.3 Å². The van der Waals surface area contributed by atoms with Crippen LogP contribution in [0.25, 0.3) is 16.6 Å². The van der Waals surface area contributed by atoms with Gasteiger partial charge in [-0.2, -0.15) is 13.2 Å². The molecule has 11 heteroatoms. The van der Waals surface area contributed by atoms with Crippen molar-refractivity contribution in [1.82, 2.24) is 19.9 Å².